The minimum absolute atomic E-state index is 0.161. The lowest BCUT2D eigenvalue weighted by Crippen LogP contribution is -2.48. The van der Waals surface area contributed by atoms with E-state index >= 15 is 0 Å². The van der Waals surface area contributed by atoms with Gasteiger partial charge < -0.3 is 4.74 Å². The number of rotatable bonds is 3. The van der Waals surface area contributed by atoms with Gasteiger partial charge in [0, 0.05) is 32.1 Å². The number of hydrogen-bond donors (Lipinski definition) is 0. The highest BCUT2D eigenvalue weighted by molar-refractivity contribution is 7.89. The summed E-state index contributed by atoms with van der Waals surface area (Å²) in [5.74, 6) is 1.35. The summed E-state index contributed by atoms with van der Waals surface area (Å²) in [6.45, 7) is 4.30. The summed E-state index contributed by atoms with van der Waals surface area (Å²) in [6.07, 6.45) is 3.85. The van der Waals surface area contributed by atoms with Gasteiger partial charge >= 0.3 is 0 Å². The van der Waals surface area contributed by atoms with Gasteiger partial charge in [0.05, 0.1) is 12.4 Å². The van der Waals surface area contributed by atoms with E-state index in [-0.39, 0.29) is 6.04 Å². The third-order valence-corrected chi connectivity index (χ3v) is 7.19. The van der Waals surface area contributed by atoms with Crippen LogP contribution in [0.4, 0.5) is 0 Å². The van der Waals surface area contributed by atoms with E-state index in [9.17, 15) is 8.42 Å². The van der Waals surface area contributed by atoms with Gasteiger partial charge in [0.15, 0.2) is 0 Å². The van der Waals surface area contributed by atoms with E-state index in [2.05, 4.69) is 23.1 Å². The van der Waals surface area contributed by atoms with E-state index in [1.165, 1.54) is 11.1 Å². The normalized spacial score (nSPS) is 27.7. The molecule has 1 aromatic carbocycles. The second-order valence-electron chi connectivity index (χ2n) is 6.85. The van der Waals surface area contributed by atoms with E-state index in [4.69, 9.17) is 4.74 Å². The SMILES string of the molecule is O=S1(=O)CCCN1C1CCCN(Cc2ccc3c(c2)CCO3)C1. The van der Waals surface area contributed by atoms with Crippen molar-refractivity contribution in [3.63, 3.8) is 0 Å². The highest BCUT2D eigenvalue weighted by Gasteiger charge is 2.36. The van der Waals surface area contributed by atoms with Gasteiger partial charge in [-0.15, -0.1) is 0 Å². The smallest absolute Gasteiger partial charge is 0.214 e. The van der Waals surface area contributed by atoms with Crippen molar-refractivity contribution in [2.45, 2.75) is 38.3 Å². The number of fused-ring (bicyclic) bond motifs is 1. The van der Waals surface area contributed by atoms with Crippen LogP contribution in [-0.2, 0) is 23.0 Å². The summed E-state index contributed by atoms with van der Waals surface area (Å²) in [6, 6.07) is 6.62. The molecule has 0 bridgehead atoms. The topological polar surface area (TPSA) is 49.9 Å². The minimum Gasteiger partial charge on any atom is -0.493 e. The van der Waals surface area contributed by atoms with Crippen LogP contribution in [0.2, 0.25) is 0 Å². The van der Waals surface area contributed by atoms with Gasteiger partial charge in [-0.25, -0.2) is 8.42 Å². The van der Waals surface area contributed by atoms with Gasteiger partial charge in [-0.2, -0.15) is 4.31 Å². The predicted molar refractivity (Wildman–Crippen MR) is 89.0 cm³/mol. The van der Waals surface area contributed by atoms with Crippen LogP contribution in [0.3, 0.4) is 0 Å². The van der Waals surface area contributed by atoms with Gasteiger partial charge in [0.2, 0.25) is 10.0 Å². The Morgan fingerprint density at radius 3 is 2.96 bits per heavy atom. The van der Waals surface area contributed by atoms with Crippen molar-refractivity contribution in [3.8, 4) is 5.75 Å². The number of nitrogens with zero attached hydrogens (tertiary/aromatic N) is 2. The molecule has 4 rings (SSSR count). The molecule has 1 atom stereocenters. The summed E-state index contributed by atoms with van der Waals surface area (Å²) in [4.78, 5) is 2.40. The average Bonchev–Trinajstić information content (AvgIpc) is 3.12. The maximum Gasteiger partial charge on any atom is 0.214 e. The Kier molecular flexibility index (Phi) is 4.07. The molecule has 5 nitrogen and oxygen atoms in total. The molecule has 1 unspecified atom stereocenters. The number of likely N-dealkylation sites (tertiary alicyclic amines) is 1. The summed E-state index contributed by atoms with van der Waals surface area (Å²) in [7, 11) is -3.00. The molecule has 2 fully saturated rings. The molecule has 0 amide bonds. The van der Waals surface area contributed by atoms with Crippen molar-refractivity contribution in [2.24, 2.45) is 0 Å². The standard InChI is InChI=1S/C17H24N2O3S/c20-23(21)10-2-8-19(23)16-3-1-7-18(13-16)12-14-4-5-17-15(11-14)6-9-22-17/h4-5,11,16H,1-3,6-10,12-13H2. The van der Waals surface area contributed by atoms with Gasteiger partial charge in [0.1, 0.15) is 5.75 Å². The fourth-order valence-electron chi connectivity index (χ4n) is 4.08. The lowest BCUT2D eigenvalue weighted by atomic mass is 10.0. The summed E-state index contributed by atoms with van der Waals surface area (Å²) in [5.41, 5.74) is 2.61. The quantitative estimate of drug-likeness (QED) is 0.842. The Labute approximate surface area is 138 Å². The first kappa shape index (κ1) is 15.4. The first-order chi connectivity index (χ1) is 11.1. The minimum atomic E-state index is -3.00. The van der Waals surface area contributed by atoms with Crippen LogP contribution in [0.25, 0.3) is 0 Å². The first-order valence-electron chi connectivity index (χ1n) is 8.58. The van der Waals surface area contributed by atoms with E-state index in [1.807, 2.05) is 0 Å². The molecule has 23 heavy (non-hydrogen) atoms. The van der Waals surface area contributed by atoms with E-state index in [0.717, 1.165) is 57.7 Å². The Morgan fingerprint density at radius 2 is 2.13 bits per heavy atom. The molecule has 0 N–H and O–H groups in total. The van der Waals surface area contributed by atoms with E-state index in [1.54, 1.807) is 4.31 Å². The van der Waals surface area contributed by atoms with Crippen LogP contribution in [-0.4, -0.2) is 55.7 Å². The molecule has 6 heteroatoms. The largest absolute Gasteiger partial charge is 0.493 e. The summed E-state index contributed by atoms with van der Waals surface area (Å²) >= 11 is 0. The van der Waals surface area contributed by atoms with Crippen LogP contribution >= 0.6 is 0 Å². The number of hydrogen-bond acceptors (Lipinski definition) is 4. The van der Waals surface area contributed by atoms with Gasteiger partial charge in [-0.1, -0.05) is 12.1 Å². The molecule has 0 saturated carbocycles. The van der Waals surface area contributed by atoms with E-state index in [0.29, 0.717) is 12.3 Å². The number of sulfonamides is 1. The Bertz CT molecular complexity index is 689. The third-order valence-electron chi connectivity index (χ3n) is 5.19. The first-order valence-corrected chi connectivity index (χ1v) is 10.2. The summed E-state index contributed by atoms with van der Waals surface area (Å²) in [5, 5.41) is 0. The second kappa shape index (κ2) is 6.07. The molecular formula is C17H24N2O3S. The van der Waals surface area contributed by atoms with Crippen LogP contribution in [0.1, 0.15) is 30.4 Å². The molecule has 0 radical (unpaired) electrons. The van der Waals surface area contributed by atoms with Crippen LogP contribution in [0.15, 0.2) is 18.2 Å². The zero-order valence-electron chi connectivity index (χ0n) is 13.4. The van der Waals surface area contributed by atoms with Gasteiger partial charge in [0.25, 0.3) is 0 Å². The second-order valence-corrected chi connectivity index (χ2v) is 8.89. The molecule has 2 saturated heterocycles. The maximum absolute atomic E-state index is 12.1. The predicted octanol–water partition coefficient (Wildman–Crippen LogP) is 1.62. The molecule has 3 heterocycles. The highest BCUT2D eigenvalue weighted by atomic mass is 32.2. The molecule has 3 aliphatic heterocycles. The average molecular weight is 336 g/mol. The Balaban J connectivity index is 1.43. The fraction of sp³-hybridized carbons (Fsp3) is 0.647. The van der Waals surface area contributed by atoms with Gasteiger partial charge in [-0.05, 0) is 43.0 Å². The molecule has 0 aromatic heterocycles. The zero-order chi connectivity index (χ0) is 15.9. The molecular weight excluding hydrogens is 312 g/mol. The van der Waals surface area contributed by atoms with Crippen molar-refractivity contribution >= 4 is 10.0 Å². The molecule has 0 aliphatic carbocycles. The summed E-state index contributed by atoms with van der Waals surface area (Å²) < 4.78 is 31.6. The van der Waals surface area contributed by atoms with Crippen LogP contribution < -0.4 is 4.74 Å². The Morgan fingerprint density at radius 1 is 1.22 bits per heavy atom. The number of benzene rings is 1. The zero-order valence-corrected chi connectivity index (χ0v) is 14.2. The highest BCUT2D eigenvalue weighted by Crippen LogP contribution is 2.28. The van der Waals surface area contributed by atoms with Crippen LogP contribution in [0.5, 0.6) is 5.75 Å². The van der Waals surface area contributed by atoms with Crippen molar-refractivity contribution in [1.29, 1.82) is 0 Å². The maximum atomic E-state index is 12.1. The van der Waals surface area contributed by atoms with Crippen molar-refractivity contribution in [2.75, 3.05) is 32.0 Å². The van der Waals surface area contributed by atoms with Crippen molar-refractivity contribution in [3.05, 3.63) is 29.3 Å². The van der Waals surface area contributed by atoms with Crippen LogP contribution in [0, 0.1) is 0 Å². The van der Waals surface area contributed by atoms with Crippen molar-refractivity contribution < 1.29 is 13.2 Å². The molecule has 3 aliphatic rings. The lowest BCUT2D eigenvalue weighted by molar-refractivity contribution is 0.146. The van der Waals surface area contributed by atoms with Gasteiger partial charge in [-0.3, -0.25) is 4.90 Å². The lowest BCUT2D eigenvalue weighted by Gasteiger charge is -2.36. The fourth-order valence-corrected chi connectivity index (χ4v) is 5.84. The van der Waals surface area contributed by atoms with E-state index < -0.39 is 10.0 Å². The Hall–Kier alpha value is -1.11. The molecule has 0 spiro atoms. The molecule has 126 valence electrons. The monoisotopic (exact) mass is 336 g/mol. The van der Waals surface area contributed by atoms with Crippen molar-refractivity contribution in [1.82, 2.24) is 9.21 Å². The number of ether oxygens (including phenoxy) is 1. The molecule has 1 aromatic rings. The third kappa shape index (κ3) is 3.12. The number of piperidine rings is 1.